The van der Waals surface area contributed by atoms with Crippen LogP contribution in [0.4, 0.5) is 10.5 Å². The first-order chi connectivity index (χ1) is 12.1. The second-order valence-corrected chi connectivity index (χ2v) is 5.22. The zero-order valence-corrected chi connectivity index (χ0v) is 13.5. The van der Waals surface area contributed by atoms with Gasteiger partial charge in [-0.25, -0.2) is 19.7 Å². The van der Waals surface area contributed by atoms with E-state index in [4.69, 9.17) is 0 Å². The van der Waals surface area contributed by atoms with Gasteiger partial charge in [0.25, 0.3) is 5.56 Å². The molecule has 0 unspecified atom stereocenters. The normalized spacial score (nSPS) is 10.3. The van der Waals surface area contributed by atoms with Crippen LogP contribution in [-0.4, -0.2) is 25.6 Å². The highest BCUT2D eigenvalue weighted by molar-refractivity contribution is 5.89. The molecule has 2 aromatic heterocycles. The third kappa shape index (κ3) is 4.05. The van der Waals surface area contributed by atoms with Crippen LogP contribution in [0.3, 0.4) is 0 Å². The lowest BCUT2D eigenvalue weighted by atomic mass is 10.3. The second kappa shape index (κ2) is 7.35. The minimum absolute atomic E-state index is 0.101. The number of carbonyl (C=O) groups excluding carboxylic acids is 1. The molecule has 3 aromatic rings. The number of carbonyl (C=O) groups is 1. The fourth-order valence-corrected chi connectivity index (χ4v) is 2.17. The summed E-state index contributed by atoms with van der Waals surface area (Å²) in [6.07, 6.45) is 2.96. The first kappa shape index (κ1) is 16.3. The maximum atomic E-state index is 12.1. The SMILES string of the molecule is Cn1c(CNC(=O)Nc2ccccc2)nc(-c2ccncn2)cc1=O. The molecule has 0 saturated carbocycles. The minimum Gasteiger partial charge on any atom is -0.331 e. The third-order valence-corrected chi connectivity index (χ3v) is 3.51. The molecular weight excluding hydrogens is 320 g/mol. The van der Waals surface area contributed by atoms with E-state index in [0.717, 1.165) is 0 Å². The summed E-state index contributed by atoms with van der Waals surface area (Å²) in [5.41, 5.74) is 1.42. The van der Waals surface area contributed by atoms with Crippen molar-refractivity contribution in [3.05, 3.63) is 71.2 Å². The van der Waals surface area contributed by atoms with Gasteiger partial charge >= 0.3 is 6.03 Å². The molecule has 2 heterocycles. The lowest BCUT2D eigenvalue weighted by Gasteiger charge is -2.11. The summed E-state index contributed by atoms with van der Waals surface area (Å²) in [5.74, 6) is 0.421. The van der Waals surface area contributed by atoms with Crippen LogP contribution in [0.2, 0.25) is 0 Å². The molecule has 0 fully saturated rings. The van der Waals surface area contributed by atoms with Crippen molar-refractivity contribution in [1.29, 1.82) is 0 Å². The van der Waals surface area contributed by atoms with Crippen LogP contribution < -0.4 is 16.2 Å². The Labute approximate surface area is 143 Å². The lowest BCUT2D eigenvalue weighted by molar-refractivity contribution is 0.251. The quantitative estimate of drug-likeness (QED) is 0.753. The van der Waals surface area contributed by atoms with Crippen molar-refractivity contribution < 1.29 is 4.79 Å². The Morgan fingerprint density at radius 2 is 1.96 bits per heavy atom. The standard InChI is InChI=1S/C17H16N6O2/c1-23-15(10-19-17(25)21-12-5-3-2-4-6-12)22-14(9-16(23)24)13-7-8-18-11-20-13/h2-9,11H,10H2,1H3,(H2,19,21,25). The van der Waals surface area contributed by atoms with E-state index in [2.05, 4.69) is 25.6 Å². The van der Waals surface area contributed by atoms with Gasteiger partial charge in [0.15, 0.2) is 0 Å². The van der Waals surface area contributed by atoms with Gasteiger partial charge in [0.1, 0.15) is 12.2 Å². The summed E-state index contributed by atoms with van der Waals surface area (Å²) in [7, 11) is 1.60. The molecule has 2 N–H and O–H groups in total. The number of hydrogen-bond acceptors (Lipinski definition) is 5. The molecule has 2 amide bonds. The van der Waals surface area contributed by atoms with Gasteiger partial charge in [-0.15, -0.1) is 0 Å². The number of nitrogens with zero attached hydrogens (tertiary/aromatic N) is 4. The van der Waals surface area contributed by atoms with E-state index in [0.29, 0.717) is 22.9 Å². The van der Waals surface area contributed by atoms with E-state index in [-0.39, 0.29) is 18.1 Å². The van der Waals surface area contributed by atoms with Gasteiger partial charge in [-0.3, -0.25) is 9.36 Å². The number of benzene rings is 1. The molecule has 0 aliphatic rings. The minimum atomic E-state index is -0.382. The predicted molar refractivity (Wildman–Crippen MR) is 92.8 cm³/mol. The molecular formula is C17H16N6O2. The molecule has 8 heteroatoms. The molecule has 3 rings (SSSR count). The van der Waals surface area contributed by atoms with Crippen molar-refractivity contribution in [3.63, 3.8) is 0 Å². The molecule has 0 spiro atoms. The van der Waals surface area contributed by atoms with Crippen molar-refractivity contribution in [2.75, 3.05) is 5.32 Å². The number of urea groups is 1. The van der Waals surface area contributed by atoms with E-state index < -0.39 is 0 Å². The number of anilines is 1. The van der Waals surface area contributed by atoms with Crippen molar-refractivity contribution in [2.45, 2.75) is 6.54 Å². The summed E-state index contributed by atoms with van der Waals surface area (Å²) < 4.78 is 1.38. The average Bonchev–Trinajstić information content (AvgIpc) is 2.64. The number of hydrogen-bond donors (Lipinski definition) is 2. The average molecular weight is 336 g/mol. The lowest BCUT2D eigenvalue weighted by Crippen LogP contribution is -2.32. The third-order valence-electron chi connectivity index (χ3n) is 3.51. The largest absolute Gasteiger partial charge is 0.331 e. The van der Waals surface area contributed by atoms with Gasteiger partial charge in [-0.05, 0) is 18.2 Å². The van der Waals surface area contributed by atoms with Gasteiger partial charge in [0, 0.05) is 25.0 Å². The fraction of sp³-hybridized carbons (Fsp3) is 0.118. The van der Waals surface area contributed by atoms with Crippen molar-refractivity contribution in [3.8, 4) is 11.4 Å². The van der Waals surface area contributed by atoms with Crippen LogP contribution in [0.5, 0.6) is 0 Å². The van der Waals surface area contributed by atoms with Crippen LogP contribution >= 0.6 is 0 Å². The zero-order valence-electron chi connectivity index (χ0n) is 13.5. The molecule has 126 valence electrons. The van der Waals surface area contributed by atoms with E-state index in [1.165, 1.54) is 17.0 Å². The van der Waals surface area contributed by atoms with Crippen molar-refractivity contribution in [2.24, 2.45) is 7.05 Å². The zero-order chi connectivity index (χ0) is 17.6. The summed E-state index contributed by atoms with van der Waals surface area (Å²) in [6.45, 7) is 0.101. The van der Waals surface area contributed by atoms with E-state index in [9.17, 15) is 9.59 Å². The van der Waals surface area contributed by atoms with Gasteiger partial charge in [0.2, 0.25) is 0 Å². The van der Waals surface area contributed by atoms with Gasteiger partial charge in [0.05, 0.1) is 17.9 Å². The van der Waals surface area contributed by atoms with E-state index in [1.54, 1.807) is 31.4 Å². The molecule has 0 aliphatic carbocycles. The van der Waals surface area contributed by atoms with Crippen LogP contribution in [-0.2, 0) is 13.6 Å². The molecule has 0 atom stereocenters. The molecule has 25 heavy (non-hydrogen) atoms. The van der Waals surface area contributed by atoms with E-state index in [1.807, 2.05) is 18.2 Å². The van der Waals surface area contributed by atoms with Crippen LogP contribution in [0.15, 0.2) is 59.8 Å². The van der Waals surface area contributed by atoms with Gasteiger partial charge in [-0.2, -0.15) is 0 Å². The van der Waals surface area contributed by atoms with E-state index >= 15 is 0 Å². The maximum absolute atomic E-state index is 12.1. The smallest absolute Gasteiger partial charge is 0.319 e. The topological polar surface area (TPSA) is 102 Å². The number of nitrogens with one attached hydrogen (secondary N) is 2. The number of para-hydroxylation sites is 1. The summed E-state index contributed by atoms with van der Waals surface area (Å²) >= 11 is 0. The Balaban J connectivity index is 1.75. The highest BCUT2D eigenvalue weighted by Gasteiger charge is 2.10. The highest BCUT2D eigenvalue weighted by Crippen LogP contribution is 2.11. The molecule has 8 nitrogen and oxygen atoms in total. The number of aromatic nitrogens is 4. The highest BCUT2D eigenvalue weighted by atomic mass is 16.2. The number of rotatable bonds is 4. The Morgan fingerprint density at radius 3 is 2.68 bits per heavy atom. The molecule has 0 saturated heterocycles. The second-order valence-electron chi connectivity index (χ2n) is 5.22. The van der Waals surface area contributed by atoms with Crippen LogP contribution in [0.1, 0.15) is 5.82 Å². The molecule has 0 bridgehead atoms. The van der Waals surface area contributed by atoms with Crippen molar-refractivity contribution >= 4 is 11.7 Å². The maximum Gasteiger partial charge on any atom is 0.319 e. The Bertz CT molecular complexity index is 925. The van der Waals surface area contributed by atoms with Crippen molar-refractivity contribution in [1.82, 2.24) is 24.8 Å². The first-order valence-corrected chi connectivity index (χ1v) is 7.57. The molecule has 0 radical (unpaired) electrons. The number of amides is 2. The van der Waals surface area contributed by atoms with Crippen LogP contribution in [0.25, 0.3) is 11.4 Å². The Kier molecular flexibility index (Phi) is 4.79. The first-order valence-electron chi connectivity index (χ1n) is 7.57. The summed E-state index contributed by atoms with van der Waals surface area (Å²) in [6, 6.07) is 11.8. The molecule has 1 aromatic carbocycles. The monoisotopic (exact) mass is 336 g/mol. The summed E-state index contributed by atoms with van der Waals surface area (Å²) in [5, 5.41) is 5.40. The predicted octanol–water partition coefficient (Wildman–Crippen LogP) is 1.56. The molecule has 0 aliphatic heterocycles. The van der Waals surface area contributed by atoms with Gasteiger partial charge in [-0.1, -0.05) is 18.2 Å². The van der Waals surface area contributed by atoms with Crippen LogP contribution in [0, 0.1) is 0 Å². The van der Waals surface area contributed by atoms with Gasteiger partial charge < -0.3 is 10.6 Å². The Hall–Kier alpha value is -3.55. The Morgan fingerprint density at radius 1 is 1.16 bits per heavy atom. The summed E-state index contributed by atoms with van der Waals surface area (Å²) in [4.78, 5) is 36.4. The fourth-order valence-electron chi connectivity index (χ4n) is 2.17.